The molecule has 0 saturated heterocycles. The Bertz CT molecular complexity index is 689. The van der Waals surface area contributed by atoms with Gasteiger partial charge in [0, 0.05) is 5.56 Å². The van der Waals surface area contributed by atoms with Crippen molar-refractivity contribution >= 4 is 5.78 Å². The maximum atomic E-state index is 13.1. The quantitative estimate of drug-likeness (QED) is 0.798. The van der Waals surface area contributed by atoms with E-state index in [0.717, 1.165) is 6.07 Å². The van der Waals surface area contributed by atoms with E-state index in [1.165, 1.54) is 19.1 Å². The van der Waals surface area contributed by atoms with Gasteiger partial charge in [-0.05, 0) is 31.2 Å². The molecule has 100 valence electrons. The lowest BCUT2D eigenvalue weighted by atomic mass is 10.1. The van der Waals surface area contributed by atoms with Crippen LogP contribution in [-0.4, -0.2) is 5.78 Å². The highest BCUT2D eigenvalue weighted by atomic mass is 19.1. The van der Waals surface area contributed by atoms with Gasteiger partial charge in [0.1, 0.15) is 18.2 Å². The first-order valence-electron chi connectivity index (χ1n) is 6.03. The molecule has 0 aliphatic carbocycles. The molecule has 3 nitrogen and oxygen atoms in total. The summed E-state index contributed by atoms with van der Waals surface area (Å²) in [5, 5.41) is 8.99. The Hall–Kier alpha value is -2.67. The van der Waals surface area contributed by atoms with Gasteiger partial charge in [0.2, 0.25) is 0 Å². The van der Waals surface area contributed by atoms with Crippen LogP contribution in [0, 0.1) is 17.1 Å². The zero-order valence-electron chi connectivity index (χ0n) is 10.9. The van der Waals surface area contributed by atoms with Gasteiger partial charge in [-0.25, -0.2) is 4.39 Å². The van der Waals surface area contributed by atoms with Crippen molar-refractivity contribution < 1.29 is 13.9 Å². The molecule has 0 N–H and O–H groups in total. The minimum Gasteiger partial charge on any atom is -0.488 e. The van der Waals surface area contributed by atoms with Crippen molar-refractivity contribution in [3.05, 3.63) is 65.0 Å². The van der Waals surface area contributed by atoms with Gasteiger partial charge in [0.15, 0.2) is 5.78 Å². The Labute approximate surface area is 116 Å². The van der Waals surface area contributed by atoms with Gasteiger partial charge in [-0.3, -0.25) is 4.79 Å². The van der Waals surface area contributed by atoms with E-state index in [4.69, 9.17) is 10.00 Å². The molecule has 2 aromatic carbocycles. The van der Waals surface area contributed by atoms with Crippen LogP contribution in [-0.2, 0) is 6.61 Å². The third-order valence-corrected chi connectivity index (χ3v) is 2.84. The standard InChI is InChI=1S/C16H12FNO2/c1-11(19)15-8-14(17)6-7-16(15)20-10-13-5-3-2-4-12(13)9-18/h2-8H,10H2,1H3. The van der Waals surface area contributed by atoms with Crippen molar-refractivity contribution in [2.24, 2.45) is 0 Å². The van der Waals surface area contributed by atoms with Crippen molar-refractivity contribution in [2.75, 3.05) is 0 Å². The van der Waals surface area contributed by atoms with E-state index in [9.17, 15) is 9.18 Å². The fourth-order valence-corrected chi connectivity index (χ4v) is 1.81. The van der Waals surface area contributed by atoms with E-state index in [-0.39, 0.29) is 18.0 Å². The molecule has 0 heterocycles. The second-order valence-corrected chi connectivity index (χ2v) is 4.25. The Morgan fingerprint density at radius 3 is 2.75 bits per heavy atom. The predicted octanol–water partition coefficient (Wildman–Crippen LogP) is 3.48. The lowest BCUT2D eigenvalue weighted by molar-refractivity contribution is 0.101. The summed E-state index contributed by atoms with van der Waals surface area (Å²) in [7, 11) is 0. The first-order chi connectivity index (χ1) is 9.61. The summed E-state index contributed by atoms with van der Waals surface area (Å²) in [5.74, 6) is -0.445. The van der Waals surface area contributed by atoms with Crippen molar-refractivity contribution in [3.63, 3.8) is 0 Å². The fourth-order valence-electron chi connectivity index (χ4n) is 1.81. The van der Waals surface area contributed by atoms with Crippen LogP contribution in [0.5, 0.6) is 5.75 Å². The maximum Gasteiger partial charge on any atom is 0.163 e. The second kappa shape index (κ2) is 5.98. The number of ether oxygens (including phenoxy) is 1. The molecule has 0 unspecified atom stereocenters. The average molecular weight is 269 g/mol. The summed E-state index contributed by atoms with van der Waals surface area (Å²) < 4.78 is 18.7. The zero-order chi connectivity index (χ0) is 14.5. The Kier molecular flexibility index (Phi) is 4.11. The van der Waals surface area contributed by atoms with E-state index in [1.807, 2.05) is 0 Å². The summed E-state index contributed by atoms with van der Waals surface area (Å²) in [6.07, 6.45) is 0. The second-order valence-electron chi connectivity index (χ2n) is 4.25. The van der Waals surface area contributed by atoms with Crippen molar-refractivity contribution in [2.45, 2.75) is 13.5 Å². The van der Waals surface area contributed by atoms with Gasteiger partial charge < -0.3 is 4.74 Å². The lowest BCUT2D eigenvalue weighted by Gasteiger charge is -2.10. The van der Waals surface area contributed by atoms with Crippen LogP contribution < -0.4 is 4.74 Å². The van der Waals surface area contributed by atoms with Crippen LogP contribution in [0.3, 0.4) is 0 Å². The minimum absolute atomic E-state index is 0.148. The van der Waals surface area contributed by atoms with Crippen LogP contribution in [0.25, 0.3) is 0 Å². The molecule has 0 aliphatic heterocycles. The average Bonchev–Trinajstić information content (AvgIpc) is 2.46. The largest absolute Gasteiger partial charge is 0.488 e. The van der Waals surface area contributed by atoms with Gasteiger partial charge in [-0.15, -0.1) is 0 Å². The van der Waals surface area contributed by atoms with E-state index in [2.05, 4.69) is 6.07 Å². The summed E-state index contributed by atoms with van der Waals surface area (Å²) in [5.41, 5.74) is 1.42. The van der Waals surface area contributed by atoms with Gasteiger partial charge in [0.25, 0.3) is 0 Å². The van der Waals surface area contributed by atoms with Crippen LogP contribution in [0.1, 0.15) is 28.4 Å². The van der Waals surface area contributed by atoms with Crippen LogP contribution in [0.2, 0.25) is 0 Å². The number of nitriles is 1. The number of Topliss-reactive ketones (excluding diaryl/α,β-unsaturated/α-hetero) is 1. The molecule has 0 fully saturated rings. The lowest BCUT2D eigenvalue weighted by Crippen LogP contribution is -2.03. The van der Waals surface area contributed by atoms with Crippen molar-refractivity contribution in [3.8, 4) is 11.8 Å². The minimum atomic E-state index is -0.486. The first-order valence-corrected chi connectivity index (χ1v) is 6.03. The van der Waals surface area contributed by atoms with E-state index in [1.54, 1.807) is 24.3 Å². The monoisotopic (exact) mass is 269 g/mol. The number of nitrogens with zero attached hydrogens (tertiary/aromatic N) is 1. The van der Waals surface area contributed by atoms with Gasteiger partial charge in [-0.1, -0.05) is 18.2 Å². The van der Waals surface area contributed by atoms with Crippen LogP contribution in [0.4, 0.5) is 4.39 Å². The summed E-state index contributed by atoms with van der Waals surface area (Å²) >= 11 is 0. The van der Waals surface area contributed by atoms with E-state index >= 15 is 0 Å². The number of carbonyl (C=O) groups excluding carboxylic acids is 1. The highest BCUT2D eigenvalue weighted by Crippen LogP contribution is 2.22. The van der Waals surface area contributed by atoms with Crippen LogP contribution >= 0.6 is 0 Å². The number of hydrogen-bond acceptors (Lipinski definition) is 3. The van der Waals surface area contributed by atoms with Gasteiger partial charge >= 0.3 is 0 Å². The molecule has 2 aromatic rings. The van der Waals surface area contributed by atoms with E-state index in [0.29, 0.717) is 16.9 Å². The summed E-state index contributed by atoms with van der Waals surface area (Å²) in [6, 6.07) is 12.9. The predicted molar refractivity (Wildman–Crippen MR) is 71.9 cm³/mol. The highest BCUT2D eigenvalue weighted by molar-refractivity contribution is 5.96. The molecule has 0 radical (unpaired) electrons. The molecular formula is C16H12FNO2. The Morgan fingerprint density at radius 1 is 1.30 bits per heavy atom. The van der Waals surface area contributed by atoms with Gasteiger partial charge in [-0.2, -0.15) is 5.26 Å². The molecule has 4 heteroatoms. The van der Waals surface area contributed by atoms with Crippen LogP contribution in [0.15, 0.2) is 42.5 Å². The molecule has 0 amide bonds. The normalized spacial score (nSPS) is 9.85. The van der Waals surface area contributed by atoms with Gasteiger partial charge in [0.05, 0.1) is 17.2 Å². The highest BCUT2D eigenvalue weighted by Gasteiger charge is 2.11. The molecule has 0 bridgehead atoms. The topological polar surface area (TPSA) is 50.1 Å². The summed E-state index contributed by atoms with van der Waals surface area (Å²) in [4.78, 5) is 11.5. The zero-order valence-corrected chi connectivity index (χ0v) is 10.9. The number of ketones is 1. The molecule has 0 aromatic heterocycles. The molecule has 20 heavy (non-hydrogen) atoms. The molecule has 0 aliphatic rings. The molecule has 0 atom stereocenters. The SMILES string of the molecule is CC(=O)c1cc(F)ccc1OCc1ccccc1C#N. The Morgan fingerprint density at radius 2 is 2.05 bits per heavy atom. The number of rotatable bonds is 4. The third-order valence-electron chi connectivity index (χ3n) is 2.84. The Balaban J connectivity index is 2.24. The molecule has 0 saturated carbocycles. The van der Waals surface area contributed by atoms with E-state index < -0.39 is 5.82 Å². The first kappa shape index (κ1) is 13.8. The number of halogens is 1. The molecular weight excluding hydrogens is 257 g/mol. The molecule has 2 rings (SSSR count). The summed E-state index contributed by atoms with van der Waals surface area (Å²) in [6.45, 7) is 1.50. The smallest absolute Gasteiger partial charge is 0.163 e. The number of benzene rings is 2. The van der Waals surface area contributed by atoms with Crippen molar-refractivity contribution in [1.82, 2.24) is 0 Å². The third kappa shape index (κ3) is 3.01. The van der Waals surface area contributed by atoms with Crippen molar-refractivity contribution in [1.29, 1.82) is 5.26 Å². The number of hydrogen-bond donors (Lipinski definition) is 0. The molecule has 0 spiro atoms. The fraction of sp³-hybridized carbons (Fsp3) is 0.125. The maximum absolute atomic E-state index is 13.1. The number of carbonyl (C=O) groups is 1.